The molecular formula is C19H16BrClN2OS. The molecule has 0 saturated heterocycles. The second-order valence-corrected chi connectivity index (χ2v) is 7.85. The lowest BCUT2D eigenvalue weighted by molar-refractivity contribution is 0.466. The van der Waals surface area contributed by atoms with Gasteiger partial charge in [0.2, 0.25) is 0 Å². The molecule has 0 saturated carbocycles. The zero-order chi connectivity index (χ0) is 17.8. The molecule has 0 radical (unpaired) electrons. The van der Waals surface area contributed by atoms with E-state index in [1.54, 1.807) is 6.21 Å². The molecule has 1 aromatic heterocycles. The van der Waals surface area contributed by atoms with Crippen LogP contribution in [0, 0.1) is 0 Å². The summed E-state index contributed by atoms with van der Waals surface area (Å²) in [6, 6.07) is 17.6. The Labute approximate surface area is 164 Å². The summed E-state index contributed by atoms with van der Waals surface area (Å²) in [5.74, 6) is 0.694. The fourth-order valence-electron chi connectivity index (χ4n) is 2.09. The Bertz CT molecular complexity index is 873. The molecule has 0 atom stereocenters. The van der Waals surface area contributed by atoms with Gasteiger partial charge in [0, 0.05) is 35.8 Å². The number of benzene rings is 2. The van der Waals surface area contributed by atoms with Gasteiger partial charge in [0.05, 0.1) is 16.4 Å². The molecule has 1 heterocycles. The zero-order valence-corrected chi connectivity index (χ0v) is 16.9. The first kappa shape index (κ1) is 18.1. The van der Waals surface area contributed by atoms with E-state index in [1.165, 1.54) is 11.8 Å². The van der Waals surface area contributed by atoms with E-state index in [2.05, 4.69) is 25.8 Å². The van der Waals surface area contributed by atoms with Crippen LogP contribution in [-0.4, -0.2) is 20.3 Å². The van der Waals surface area contributed by atoms with Gasteiger partial charge in [0.1, 0.15) is 5.76 Å². The molecule has 0 aliphatic rings. The monoisotopic (exact) mass is 434 g/mol. The van der Waals surface area contributed by atoms with Crippen molar-refractivity contribution in [2.24, 2.45) is 4.99 Å². The fourth-order valence-corrected chi connectivity index (χ4v) is 3.54. The first-order chi connectivity index (χ1) is 12.0. The van der Waals surface area contributed by atoms with Gasteiger partial charge in [-0.15, -0.1) is 0 Å². The summed E-state index contributed by atoms with van der Waals surface area (Å²) in [7, 11) is 4.02. The number of rotatable bonds is 5. The standard InChI is InChI=1S/C19H16BrClN2OS/c1-23(2)15-7-5-14(6-8-15)22-12-16-11-18(20)19(24-16)25-17-9-3-13(21)4-10-17/h3-12H,1-2H3. The van der Waals surface area contributed by atoms with Crippen molar-refractivity contribution < 1.29 is 4.42 Å². The second-order valence-electron chi connectivity index (χ2n) is 5.51. The fraction of sp³-hybridized carbons (Fsp3) is 0.105. The number of aliphatic imine (C=N–C) groups is 1. The molecular weight excluding hydrogens is 420 g/mol. The van der Waals surface area contributed by atoms with E-state index in [0.717, 1.165) is 30.9 Å². The highest BCUT2D eigenvalue weighted by atomic mass is 79.9. The van der Waals surface area contributed by atoms with Crippen molar-refractivity contribution in [3.05, 3.63) is 69.9 Å². The minimum atomic E-state index is 0.694. The van der Waals surface area contributed by atoms with E-state index in [-0.39, 0.29) is 0 Å². The number of nitrogens with zero attached hydrogens (tertiary/aromatic N) is 2. The predicted molar refractivity (Wildman–Crippen MR) is 110 cm³/mol. The predicted octanol–water partition coefficient (Wildman–Crippen LogP) is 6.66. The molecule has 2 aromatic carbocycles. The van der Waals surface area contributed by atoms with Crippen molar-refractivity contribution in [3.8, 4) is 0 Å². The van der Waals surface area contributed by atoms with Crippen molar-refractivity contribution in [1.29, 1.82) is 0 Å². The number of anilines is 1. The van der Waals surface area contributed by atoms with Gasteiger partial charge in [0.25, 0.3) is 0 Å². The topological polar surface area (TPSA) is 28.7 Å². The molecule has 3 aromatic rings. The van der Waals surface area contributed by atoms with Crippen molar-refractivity contribution in [1.82, 2.24) is 0 Å². The average molecular weight is 436 g/mol. The molecule has 0 unspecified atom stereocenters. The van der Waals surface area contributed by atoms with E-state index in [4.69, 9.17) is 16.0 Å². The van der Waals surface area contributed by atoms with Crippen LogP contribution in [-0.2, 0) is 0 Å². The van der Waals surface area contributed by atoms with Gasteiger partial charge in [-0.2, -0.15) is 0 Å². The maximum Gasteiger partial charge on any atom is 0.179 e. The van der Waals surface area contributed by atoms with E-state index in [1.807, 2.05) is 68.7 Å². The summed E-state index contributed by atoms with van der Waals surface area (Å²) in [6.07, 6.45) is 1.72. The zero-order valence-electron chi connectivity index (χ0n) is 13.7. The molecule has 3 nitrogen and oxygen atoms in total. The molecule has 0 spiro atoms. The average Bonchev–Trinajstić information content (AvgIpc) is 2.95. The molecule has 0 fully saturated rings. The molecule has 0 N–H and O–H groups in total. The molecule has 0 bridgehead atoms. The smallest absolute Gasteiger partial charge is 0.179 e. The molecule has 25 heavy (non-hydrogen) atoms. The van der Waals surface area contributed by atoms with Crippen LogP contribution in [0.3, 0.4) is 0 Å². The third kappa shape index (κ3) is 4.91. The Balaban J connectivity index is 1.72. The Kier molecular flexibility index (Phi) is 5.89. The van der Waals surface area contributed by atoms with Crippen molar-refractivity contribution in [2.45, 2.75) is 9.99 Å². The minimum absolute atomic E-state index is 0.694. The first-order valence-electron chi connectivity index (χ1n) is 7.55. The van der Waals surface area contributed by atoms with Crippen LogP contribution < -0.4 is 4.90 Å². The lowest BCUT2D eigenvalue weighted by Crippen LogP contribution is -2.07. The number of hydrogen-bond acceptors (Lipinski definition) is 4. The summed E-state index contributed by atoms with van der Waals surface area (Å²) < 4.78 is 6.76. The number of furan rings is 1. The third-order valence-electron chi connectivity index (χ3n) is 3.41. The van der Waals surface area contributed by atoms with Gasteiger partial charge in [0.15, 0.2) is 5.09 Å². The first-order valence-corrected chi connectivity index (χ1v) is 9.54. The summed E-state index contributed by atoms with van der Waals surface area (Å²) >= 11 is 11.0. The molecule has 6 heteroatoms. The lowest BCUT2D eigenvalue weighted by Gasteiger charge is -2.11. The molecule has 0 aliphatic heterocycles. The number of hydrogen-bond donors (Lipinski definition) is 0. The molecule has 128 valence electrons. The molecule has 3 rings (SSSR count). The summed E-state index contributed by atoms with van der Waals surface area (Å²) in [4.78, 5) is 7.58. The Morgan fingerprint density at radius 3 is 2.40 bits per heavy atom. The SMILES string of the molecule is CN(C)c1ccc(N=Cc2cc(Br)c(Sc3ccc(Cl)cc3)o2)cc1. The van der Waals surface area contributed by atoms with E-state index < -0.39 is 0 Å². The highest BCUT2D eigenvalue weighted by Crippen LogP contribution is 2.36. The normalized spacial score (nSPS) is 11.2. The van der Waals surface area contributed by atoms with Crippen LogP contribution in [0.2, 0.25) is 5.02 Å². The van der Waals surface area contributed by atoms with Gasteiger partial charge >= 0.3 is 0 Å². The third-order valence-corrected chi connectivity index (χ3v) is 5.51. The van der Waals surface area contributed by atoms with Gasteiger partial charge in [-0.05, 0) is 64.5 Å². The van der Waals surface area contributed by atoms with E-state index in [0.29, 0.717) is 5.76 Å². The van der Waals surface area contributed by atoms with Crippen LogP contribution in [0.1, 0.15) is 5.76 Å². The molecule has 0 amide bonds. The number of halogens is 2. The quantitative estimate of drug-likeness (QED) is 0.419. The van der Waals surface area contributed by atoms with Crippen molar-refractivity contribution >= 4 is 56.9 Å². The Morgan fingerprint density at radius 1 is 1.08 bits per heavy atom. The van der Waals surface area contributed by atoms with Crippen LogP contribution in [0.15, 0.2) is 78.5 Å². The van der Waals surface area contributed by atoms with Crippen molar-refractivity contribution in [2.75, 3.05) is 19.0 Å². The van der Waals surface area contributed by atoms with Crippen LogP contribution in [0.5, 0.6) is 0 Å². The summed E-state index contributed by atoms with van der Waals surface area (Å²) in [6.45, 7) is 0. The second kappa shape index (κ2) is 8.13. The van der Waals surface area contributed by atoms with E-state index in [9.17, 15) is 0 Å². The maximum absolute atomic E-state index is 5.91. The molecule has 0 aliphatic carbocycles. The van der Waals surface area contributed by atoms with Crippen molar-refractivity contribution in [3.63, 3.8) is 0 Å². The van der Waals surface area contributed by atoms with Gasteiger partial charge in [-0.25, -0.2) is 0 Å². The minimum Gasteiger partial charge on any atom is -0.447 e. The van der Waals surface area contributed by atoms with Gasteiger partial charge in [-0.1, -0.05) is 23.4 Å². The highest BCUT2D eigenvalue weighted by Gasteiger charge is 2.09. The highest BCUT2D eigenvalue weighted by molar-refractivity contribution is 9.10. The van der Waals surface area contributed by atoms with Crippen LogP contribution in [0.4, 0.5) is 11.4 Å². The lowest BCUT2D eigenvalue weighted by atomic mass is 10.3. The Morgan fingerprint density at radius 2 is 1.76 bits per heavy atom. The Hall–Kier alpha value is -1.69. The van der Waals surface area contributed by atoms with Crippen LogP contribution >= 0.6 is 39.3 Å². The summed E-state index contributed by atoms with van der Waals surface area (Å²) in [5, 5.41) is 1.50. The maximum atomic E-state index is 5.91. The largest absolute Gasteiger partial charge is 0.447 e. The summed E-state index contributed by atoms with van der Waals surface area (Å²) in [5.41, 5.74) is 2.02. The van der Waals surface area contributed by atoms with Crippen LogP contribution in [0.25, 0.3) is 0 Å². The van der Waals surface area contributed by atoms with Gasteiger partial charge < -0.3 is 9.32 Å². The van der Waals surface area contributed by atoms with E-state index >= 15 is 0 Å². The van der Waals surface area contributed by atoms with Gasteiger partial charge in [-0.3, -0.25) is 4.99 Å².